The minimum atomic E-state index is -3.83. The molecule has 0 saturated carbocycles. The lowest BCUT2D eigenvalue weighted by atomic mass is 10.1. The van der Waals surface area contributed by atoms with E-state index in [4.69, 9.17) is 5.11 Å². The van der Waals surface area contributed by atoms with Gasteiger partial charge in [0.15, 0.2) is 0 Å². The number of sulfonamides is 1. The number of hydrogen-bond acceptors (Lipinski definition) is 4. The fourth-order valence-electron chi connectivity index (χ4n) is 2.14. The van der Waals surface area contributed by atoms with Crippen LogP contribution in [0.5, 0.6) is 0 Å². The van der Waals surface area contributed by atoms with Crippen molar-refractivity contribution in [2.45, 2.75) is 30.7 Å². The number of nitrogens with one attached hydrogen (secondary N) is 2. The lowest BCUT2D eigenvalue weighted by Gasteiger charge is -2.23. The molecule has 0 aromatic heterocycles. The number of piperidine rings is 1. The smallest absolute Gasteiger partial charge is 0.335 e. The Kier molecular flexibility index (Phi) is 4.29. The van der Waals surface area contributed by atoms with E-state index in [9.17, 15) is 18.0 Å². The molecule has 1 unspecified atom stereocenters. The number of carboxylic acids is 1. The fraction of sp³-hybridized carbons (Fsp3) is 0.385. The number of carboxylic acid groups (broad SMARTS) is 1. The first-order valence-corrected chi connectivity index (χ1v) is 7.91. The van der Waals surface area contributed by atoms with E-state index in [0.717, 1.165) is 6.07 Å². The second kappa shape index (κ2) is 5.82. The van der Waals surface area contributed by atoms with E-state index in [0.29, 0.717) is 12.0 Å². The molecule has 1 saturated heterocycles. The minimum absolute atomic E-state index is 0.0562. The van der Waals surface area contributed by atoms with Crippen LogP contribution in [0.3, 0.4) is 0 Å². The molecule has 0 aliphatic carbocycles. The van der Waals surface area contributed by atoms with Gasteiger partial charge in [-0.05, 0) is 31.0 Å². The Morgan fingerprint density at radius 3 is 2.71 bits per heavy atom. The largest absolute Gasteiger partial charge is 0.478 e. The molecule has 1 amide bonds. The summed E-state index contributed by atoms with van der Waals surface area (Å²) in [5.74, 6) is -1.29. The molecule has 1 aromatic rings. The molecular weight excluding hydrogens is 296 g/mol. The number of carbonyl (C=O) groups excluding carboxylic acids is 1. The fourth-order valence-corrected chi connectivity index (χ4v) is 3.68. The van der Waals surface area contributed by atoms with E-state index in [2.05, 4.69) is 10.0 Å². The molecule has 1 heterocycles. The standard InChI is InChI=1S/C13H16N2O5S/c1-8-2-3-9(13(17)18)6-11(8)21(19,20)15-10-4-5-12(16)14-7-10/h2-3,6,10,15H,4-5,7H2,1H3,(H,14,16)(H,17,18). The lowest BCUT2D eigenvalue weighted by molar-refractivity contribution is -0.122. The van der Waals surface area contributed by atoms with Crippen LogP contribution >= 0.6 is 0 Å². The van der Waals surface area contributed by atoms with Gasteiger partial charge in [-0.2, -0.15) is 0 Å². The van der Waals surface area contributed by atoms with Crippen molar-refractivity contribution in [3.8, 4) is 0 Å². The third-order valence-electron chi connectivity index (χ3n) is 3.31. The summed E-state index contributed by atoms with van der Waals surface area (Å²) in [7, 11) is -3.83. The number of aryl methyl sites for hydroxylation is 1. The zero-order chi connectivity index (χ0) is 15.6. The molecule has 7 nitrogen and oxygen atoms in total. The van der Waals surface area contributed by atoms with E-state index >= 15 is 0 Å². The summed E-state index contributed by atoms with van der Waals surface area (Å²) in [6.07, 6.45) is 0.685. The van der Waals surface area contributed by atoms with Crippen molar-refractivity contribution in [2.24, 2.45) is 0 Å². The monoisotopic (exact) mass is 312 g/mol. The maximum absolute atomic E-state index is 12.4. The molecule has 1 aromatic carbocycles. The van der Waals surface area contributed by atoms with Crippen molar-refractivity contribution in [1.29, 1.82) is 0 Å². The first-order chi connectivity index (χ1) is 9.79. The molecule has 114 valence electrons. The van der Waals surface area contributed by atoms with E-state index in [1.807, 2.05) is 0 Å². The zero-order valence-electron chi connectivity index (χ0n) is 11.4. The topological polar surface area (TPSA) is 113 Å². The molecule has 0 radical (unpaired) electrons. The van der Waals surface area contributed by atoms with Gasteiger partial charge in [0.2, 0.25) is 15.9 Å². The molecule has 0 spiro atoms. The van der Waals surface area contributed by atoms with Crippen molar-refractivity contribution >= 4 is 21.9 Å². The van der Waals surface area contributed by atoms with Crippen LogP contribution in [0.15, 0.2) is 23.1 Å². The van der Waals surface area contributed by atoms with Gasteiger partial charge in [-0.15, -0.1) is 0 Å². The number of amides is 1. The summed E-state index contributed by atoms with van der Waals surface area (Å²) in [6.45, 7) is 1.83. The van der Waals surface area contributed by atoms with E-state index < -0.39 is 16.0 Å². The Hall–Kier alpha value is -1.93. The van der Waals surface area contributed by atoms with Crippen LogP contribution in [-0.2, 0) is 14.8 Å². The van der Waals surface area contributed by atoms with Gasteiger partial charge in [0.1, 0.15) is 0 Å². The van der Waals surface area contributed by atoms with Crippen molar-refractivity contribution in [3.05, 3.63) is 29.3 Å². The predicted octanol–water partition coefficient (Wildman–Crippen LogP) is 0.250. The van der Waals surface area contributed by atoms with Gasteiger partial charge in [-0.1, -0.05) is 6.07 Å². The normalized spacial score (nSPS) is 19.1. The highest BCUT2D eigenvalue weighted by Crippen LogP contribution is 2.18. The highest BCUT2D eigenvalue weighted by molar-refractivity contribution is 7.89. The maximum Gasteiger partial charge on any atom is 0.335 e. The summed E-state index contributed by atoms with van der Waals surface area (Å²) in [5.41, 5.74) is 0.380. The first kappa shape index (κ1) is 15.5. The van der Waals surface area contributed by atoms with Crippen LogP contribution in [0.4, 0.5) is 0 Å². The summed E-state index contributed by atoms with van der Waals surface area (Å²) in [6, 6.07) is 3.57. The van der Waals surface area contributed by atoms with E-state index in [1.165, 1.54) is 12.1 Å². The Labute approximate surface area is 122 Å². The van der Waals surface area contributed by atoms with Gasteiger partial charge >= 0.3 is 5.97 Å². The molecule has 2 rings (SSSR count). The highest BCUT2D eigenvalue weighted by Gasteiger charge is 2.25. The molecule has 21 heavy (non-hydrogen) atoms. The van der Waals surface area contributed by atoms with E-state index in [-0.39, 0.29) is 35.4 Å². The van der Waals surface area contributed by atoms with Crippen LogP contribution in [0.2, 0.25) is 0 Å². The zero-order valence-corrected chi connectivity index (χ0v) is 12.2. The molecule has 8 heteroatoms. The van der Waals surface area contributed by atoms with Crippen LogP contribution in [0.25, 0.3) is 0 Å². The molecule has 0 bridgehead atoms. The minimum Gasteiger partial charge on any atom is -0.478 e. The van der Waals surface area contributed by atoms with Crippen LogP contribution < -0.4 is 10.0 Å². The van der Waals surface area contributed by atoms with Crippen LogP contribution in [0.1, 0.15) is 28.8 Å². The van der Waals surface area contributed by atoms with Gasteiger partial charge < -0.3 is 10.4 Å². The number of carbonyl (C=O) groups is 2. The number of benzene rings is 1. The van der Waals surface area contributed by atoms with Gasteiger partial charge in [0.25, 0.3) is 0 Å². The summed E-state index contributed by atoms with van der Waals surface area (Å²) in [4.78, 5) is 22.0. The SMILES string of the molecule is Cc1ccc(C(=O)O)cc1S(=O)(=O)NC1CCC(=O)NC1. The second-order valence-corrected chi connectivity index (χ2v) is 6.63. The second-order valence-electron chi connectivity index (χ2n) is 4.95. The van der Waals surface area contributed by atoms with Gasteiger partial charge in [-0.3, -0.25) is 4.79 Å². The van der Waals surface area contributed by atoms with Gasteiger partial charge in [-0.25, -0.2) is 17.9 Å². The van der Waals surface area contributed by atoms with Crippen LogP contribution in [0, 0.1) is 6.92 Å². The molecule has 1 aliphatic rings. The van der Waals surface area contributed by atoms with Crippen molar-refractivity contribution in [3.63, 3.8) is 0 Å². The van der Waals surface area contributed by atoms with Gasteiger partial charge in [0, 0.05) is 19.0 Å². The number of hydrogen-bond donors (Lipinski definition) is 3. The Morgan fingerprint density at radius 1 is 1.43 bits per heavy atom. The quantitative estimate of drug-likeness (QED) is 0.737. The molecule has 1 fully saturated rings. The van der Waals surface area contributed by atoms with Crippen molar-refractivity contribution in [1.82, 2.24) is 10.0 Å². The Balaban J connectivity index is 2.25. The first-order valence-electron chi connectivity index (χ1n) is 6.42. The Bertz CT molecular complexity index is 674. The summed E-state index contributed by atoms with van der Waals surface area (Å²) < 4.78 is 27.2. The lowest BCUT2D eigenvalue weighted by Crippen LogP contribution is -2.47. The van der Waals surface area contributed by atoms with Crippen molar-refractivity contribution in [2.75, 3.05) is 6.54 Å². The predicted molar refractivity (Wildman–Crippen MR) is 74.5 cm³/mol. The molecular formula is C13H16N2O5S. The summed E-state index contributed by atoms with van der Waals surface area (Å²) in [5, 5.41) is 11.5. The maximum atomic E-state index is 12.4. The van der Waals surface area contributed by atoms with Gasteiger partial charge in [0.05, 0.1) is 10.5 Å². The molecule has 3 N–H and O–H groups in total. The average Bonchev–Trinajstić information content (AvgIpc) is 2.41. The molecule has 1 aliphatic heterocycles. The number of aromatic carboxylic acids is 1. The highest BCUT2D eigenvalue weighted by atomic mass is 32.2. The Morgan fingerprint density at radius 2 is 2.14 bits per heavy atom. The third kappa shape index (κ3) is 3.59. The third-order valence-corrected chi connectivity index (χ3v) is 4.97. The summed E-state index contributed by atoms with van der Waals surface area (Å²) >= 11 is 0. The molecule has 1 atom stereocenters. The average molecular weight is 312 g/mol. The van der Waals surface area contributed by atoms with Crippen molar-refractivity contribution < 1.29 is 23.1 Å². The van der Waals surface area contributed by atoms with E-state index in [1.54, 1.807) is 6.92 Å². The number of rotatable bonds is 4. The van der Waals surface area contributed by atoms with Crippen LogP contribution in [-0.4, -0.2) is 38.0 Å².